The van der Waals surface area contributed by atoms with E-state index in [1.807, 2.05) is 24.3 Å². The molecule has 0 unspecified atom stereocenters. The molecule has 0 amide bonds. The second-order valence-electron chi connectivity index (χ2n) is 11.6. The van der Waals surface area contributed by atoms with Crippen LogP contribution in [0.4, 0.5) is 8.78 Å². The van der Waals surface area contributed by atoms with E-state index in [0.29, 0.717) is 5.56 Å². The molecular formula is C37H26F2IrN. The maximum Gasteiger partial charge on any atom is 3.00 e. The molecule has 0 N–H and O–H groups in total. The summed E-state index contributed by atoms with van der Waals surface area (Å²) in [5, 5.41) is 4.61. The van der Waals surface area contributed by atoms with Gasteiger partial charge in [0.05, 0.1) is 0 Å². The molecule has 0 spiro atoms. The molecule has 41 heavy (non-hydrogen) atoms. The number of nitrogens with zero attached hydrogens (tertiary/aromatic N) is 1. The molecule has 202 valence electrons. The number of halogens is 2. The van der Waals surface area contributed by atoms with Gasteiger partial charge in [0.25, 0.3) is 0 Å². The first-order valence-electron chi connectivity index (χ1n) is 13.5. The third-order valence-electron chi connectivity index (χ3n) is 8.60. The van der Waals surface area contributed by atoms with Crippen LogP contribution in [0.15, 0.2) is 85.1 Å². The molecule has 5 aromatic carbocycles. The molecule has 0 bridgehead atoms. The summed E-state index contributed by atoms with van der Waals surface area (Å²) in [6, 6.07) is 34.3. The molecule has 8 rings (SSSR count). The zero-order valence-corrected chi connectivity index (χ0v) is 25.5. The van der Waals surface area contributed by atoms with E-state index in [1.54, 1.807) is 18.3 Å². The summed E-state index contributed by atoms with van der Waals surface area (Å²) in [6.07, 6.45) is 1.78. The van der Waals surface area contributed by atoms with Gasteiger partial charge in [0, 0.05) is 17.8 Å². The Balaban J connectivity index is 0.000000144. The average Bonchev–Trinajstić information content (AvgIpc) is 2.94. The van der Waals surface area contributed by atoms with E-state index in [-0.39, 0.29) is 42.6 Å². The Labute approximate surface area is 252 Å². The molecule has 2 aliphatic carbocycles. The summed E-state index contributed by atoms with van der Waals surface area (Å²) in [5.41, 5.74) is 6.40. The first-order valence-corrected chi connectivity index (χ1v) is 13.5. The minimum absolute atomic E-state index is 0. The van der Waals surface area contributed by atoms with E-state index in [4.69, 9.17) is 0 Å². The van der Waals surface area contributed by atoms with Gasteiger partial charge in [0.2, 0.25) is 0 Å². The van der Waals surface area contributed by atoms with Crippen LogP contribution in [-0.4, -0.2) is 4.98 Å². The van der Waals surface area contributed by atoms with Crippen LogP contribution in [0.1, 0.15) is 49.9 Å². The number of rotatable bonds is 0. The average molecular weight is 715 g/mol. The Hall–Kier alpha value is -3.72. The normalized spacial score (nSPS) is 14.8. The molecule has 1 heterocycles. The smallest absolute Gasteiger partial charge is 0.304 e. The molecule has 0 atom stereocenters. The first-order chi connectivity index (χ1) is 19.2. The Morgan fingerprint density at radius 1 is 0.585 bits per heavy atom. The monoisotopic (exact) mass is 715 g/mol. The van der Waals surface area contributed by atoms with Gasteiger partial charge in [-0.05, 0) is 38.9 Å². The van der Waals surface area contributed by atoms with Gasteiger partial charge in [0.15, 0.2) is 0 Å². The van der Waals surface area contributed by atoms with Crippen LogP contribution < -0.4 is 0 Å². The SMILES string of the molecule is CC1(C)c2c([c-]ccc2F)-c2[c-]ccc3cccc1c23.CC1(C)c2c([c-]ccc2F)-c2nccc3cccc1c23.[Ir+3]. The summed E-state index contributed by atoms with van der Waals surface area (Å²) in [5.74, 6) is -0.347. The molecule has 0 fully saturated rings. The number of hydrogen-bond donors (Lipinski definition) is 0. The second-order valence-corrected chi connectivity index (χ2v) is 11.6. The summed E-state index contributed by atoms with van der Waals surface area (Å²) in [4.78, 5) is 4.49. The fourth-order valence-electron chi connectivity index (χ4n) is 6.75. The molecule has 2 aliphatic rings. The van der Waals surface area contributed by atoms with Crippen molar-refractivity contribution < 1.29 is 28.9 Å². The molecule has 1 nitrogen and oxygen atoms in total. The van der Waals surface area contributed by atoms with Crippen LogP contribution in [0.25, 0.3) is 43.9 Å². The Bertz CT molecular complexity index is 1830. The largest absolute Gasteiger partial charge is 3.00 e. The van der Waals surface area contributed by atoms with Crippen LogP contribution in [-0.2, 0) is 30.9 Å². The third-order valence-corrected chi connectivity index (χ3v) is 8.60. The number of pyridine rings is 1. The van der Waals surface area contributed by atoms with Gasteiger partial charge in [-0.15, -0.1) is 52.2 Å². The first kappa shape index (κ1) is 27.4. The quantitative estimate of drug-likeness (QED) is 0.143. The number of aromatic nitrogens is 1. The van der Waals surface area contributed by atoms with Gasteiger partial charge >= 0.3 is 20.1 Å². The van der Waals surface area contributed by atoms with Gasteiger partial charge < -0.3 is 4.98 Å². The third kappa shape index (κ3) is 3.92. The number of fused-ring (bicyclic) bond motifs is 4. The second kappa shape index (κ2) is 9.69. The van der Waals surface area contributed by atoms with Crippen LogP contribution in [0, 0.1) is 29.8 Å². The van der Waals surface area contributed by atoms with Crippen molar-refractivity contribution in [2.24, 2.45) is 0 Å². The minimum atomic E-state index is -0.382. The van der Waals surface area contributed by atoms with Crippen molar-refractivity contribution in [2.75, 3.05) is 0 Å². The molecular weight excluding hydrogens is 689 g/mol. The fraction of sp³-hybridized carbons (Fsp3) is 0.162. The van der Waals surface area contributed by atoms with Crippen LogP contribution in [0.2, 0.25) is 0 Å². The topological polar surface area (TPSA) is 12.9 Å². The Kier molecular flexibility index (Phi) is 6.48. The molecule has 0 radical (unpaired) electrons. The Morgan fingerprint density at radius 2 is 1.10 bits per heavy atom. The Morgan fingerprint density at radius 3 is 1.76 bits per heavy atom. The predicted molar refractivity (Wildman–Crippen MR) is 157 cm³/mol. The van der Waals surface area contributed by atoms with Crippen LogP contribution in [0.3, 0.4) is 0 Å². The number of benzene rings is 5. The van der Waals surface area contributed by atoms with Crippen molar-refractivity contribution in [3.8, 4) is 22.4 Å². The van der Waals surface area contributed by atoms with Crippen molar-refractivity contribution in [3.05, 3.63) is 137 Å². The zero-order valence-electron chi connectivity index (χ0n) is 23.1. The molecule has 1 aromatic heterocycles. The van der Waals surface area contributed by atoms with Gasteiger partial charge in [-0.3, -0.25) is 0 Å². The van der Waals surface area contributed by atoms with E-state index in [2.05, 4.69) is 81.2 Å². The van der Waals surface area contributed by atoms with Gasteiger partial charge in [-0.1, -0.05) is 75.2 Å². The predicted octanol–water partition coefficient (Wildman–Crippen LogP) is 9.36. The standard InChI is InChI=1S/C19H13F.C18H13FN.Ir/c1-19(2)15-10-4-7-12-6-3-8-13(17(12)15)14-9-5-11-16(20)18(14)19;1-18(2)13-7-3-5-11-9-10-20-17(15(11)13)12-6-4-8-14(19)16(12)18;/h3-7,10-11H,1-2H3;3-5,7-10H,1-2H3;/q-2;-1;+3. The van der Waals surface area contributed by atoms with Crippen molar-refractivity contribution in [1.82, 2.24) is 4.98 Å². The summed E-state index contributed by atoms with van der Waals surface area (Å²) in [7, 11) is 0. The van der Waals surface area contributed by atoms with Crippen molar-refractivity contribution in [1.29, 1.82) is 0 Å². The molecule has 0 saturated heterocycles. The van der Waals surface area contributed by atoms with Crippen molar-refractivity contribution >= 4 is 21.5 Å². The van der Waals surface area contributed by atoms with E-state index < -0.39 is 0 Å². The fourth-order valence-corrected chi connectivity index (χ4v) is 6.75. The van der Waals surface area contributed by atoms with Gasteiger partial charge in [-0.25, -0.2) is 19.9 Å². The minimum Gasteiger partial charge on any atom is -0.304 e. The van der Waals surface area contributed by atoms with Gasteiger partial charge in [0.1, 0.15) is 0 Å². The molecule has 0 saturated carbocycles. The summed E-state index contributed by atoms with van der Waals surface area (Å²) < 4.78 is 28.8. The van der Waals surface area contributed by atoms with Crippen molar-refractivity contribution in [3.63, 3.8) is 0 Å². The summed E-state index contributed by atoms with van der Waals surface area (Å²) >= 11 is 0. The maximum absolute atomic E-state index is 14.4. The van der Waals surface area contributed by atoms with E-state index >= 15 is 0 Å². The zero-order chi connectivity index (χ0) is 27.8. The van der Waals surface area contributed by atoms with E-state index in [9.17, 15) is 8.78 Å². The van der Waals surface area contributed by atoms with Gasteiger partial charge in [-0.2, -0.15) is 24.3 Å². The van der Waals surface area contributed by atoms with Crippen LogP contribution >= 0.6 is 0 Å². The van der Waals surface area contributed by atoms with Crippen molar-refractivity contribution in [2.45, 2.75) is 38.5 Å². The van der Waals surface area contributed by atoms with Crippen LogP contribution in [0.5, 0.6) is 0 Å². The molecule has 0 aliphatic heterocycles. The molecule has 6 aromatic rings. The van der Waals surface area contributed by atoms with E-state index in [0.717, 1.165) is 49.8 Å². The summed E-state index contributed by atoms with van der Waals surface area (Å²) in [6.45, 7) is 8.28. The molecule has 4 heteroatoms. The maximum atomic E-state index is 14.4. The van der Waals surface area contributed by atoms with E-state index in [1.165, 1.54) is 22.9 Å². The number of hydrogen-bond acceptors (Lipinski definition) is 1.